The van der Waals surface area contributed by atoms with E-state index in [1.165, 1.54) is 36.0 Å². The van der Waals surface area contributed by atoms with Gasteiger partial charge in [-0.05, 0) is 66.5 Å². The van der Waals surface area contributed by atoms with E-state index in [1.54, 1.807) is 0 Å². The van der Waals surface area contributed by atoms with Crippen LogP contribution >= 0.6 is 23.2 Å². The zero-order chi connectivity index (χ0) is 14.8. The summed E-state index contributed by atoms with van der Waals surface area (Å²) in [5.74, 6) is 0. The lowest BCUT2D eigenvalue weighted by Crippen LogP contribution is -2.25. The van der Waals surface area contributed by atoms with Crippen molar-refractivity contribution in [3.8, 4) is 0 Å². The first-order valence-corrected chi connectivity index (χ1v) is 8.17. The van der Waals surface area contributed by atoms with E-state index in [1.807, 2.05) is 18.2 Å². The third-order valence-corrected chi connectivity index (χ3v) is 4.88. The molecule has 0 spiro atoms. The second-order valence-corrected chi connectivity index (χ2v) is 6.69. The molecule has 0 radical (unpaired) electrons. The van der Waals surface area contributed by atoms with Gasteiger partial charge >= 0.3 is 0 Å². The van der Waals surface area contributed by atoms with E-state index in [0.717, 1.165) is 18.4 Å². The van der Waals surface area contributed by atoms with E-state index in [2.05, 4.69) is 18.2 Å². The Kier molecular flexibility index (Phi) is 4.54. The highest BCUT2D eigenvalue weighted by atomic mass is 35.5. The van der Waals surface area contributed by atoms with Gasteiger partial charge in [-0.25, -0.2) is 0 Å². The largest absolute Gasteiger partial charge is 0.327 e. The van der Waals surface area contributed by atoms with Gasteiger partial charge in [-0.2, -0.15) is 0 Å². The zero-order valence-corrected chi connectivity index (χ0v) is 13.4. The average molecular weight is 320 g/mol. The van der Waals surface area contributed by atoms with Gasteiger partial charge in [0, 0.05) is 6.04 Å². The van der Waals surface area contributed by atoms with Gasteiger partial charge in [0.15, 0.2) is 0 Å². The van der Waals surface area contributed by atoms with Gasteiger partial charge in [0.25, 0.3) is 0 Å². The lowest BCUT2D eigenvalue weighted by atomic mass is 9.97. The summed E-state index contributed by atoms with van der Waals surface area (Å²) in [6.45, 7) is 0. The van der Waals surface area contributed by atoms with Gasteiger partial charge < -0.3 is 5.73 Å². The van der Waals surface area contributed by atoms with Crippen molar-refractivity contribution in [1.82, 2.24) is 0 Å². The van der Waals surface area contributed by atoms with Crippen LogP contribution in [0.5, 0.6) is 0 Å². The van der Waals surface area contributed by atoms with Crippen molar-refractivity contribution in [2.75, 3.05) is 0 Å². The molecule has 2 aromatic rings. The number of halogens is 2. The minimum absolute atomic E-state index is 0.0988. The average Bonchev–Trinajstić information content (AvgIpc) is 2.90. The number of nitrogens with two attached hydrogens (primary N) is 1. The van der Waals surface area contributed by atoms with Crippen molar-refractivity contribution in [1.29, 1.82) is 0 Å². The maximum atomic E-state index is 6.30. The Labute approximate surface area is 136 Å². The smallest absolute Gasteiger partial charge is 0.0595 e. The van der Waals surface area contributed by atoms with Gasteiger partial charge in [0.05, 0.1) is 10.0 Å². The highest BCUT2D eigenvalue weighted by Gasteiger charge is 2.12. The fraction of sp³-hybridized carbons (Fsp3) is 0.333. The molecule has 1 atom stereocenters. The van der Waals surface area contributed by atoms with E-state index in [9.17, 15) is 0 Å². The Bertz CT molecular complexity index is 652. The topological polar surface area (TPSA) is 26.0 Å². The molecule has 1 nitrogen and oxygen atoms in total. The summed E-state index contributed by atoms with van der Waals surface area (Å²) in [6, 6.07) is 12.7. The highest BCUT2D eigenvalue weighted by Crippen LogP contribution is 2.25. The van der Waals surface area contributed by atoms with Crippen LogP contribution in [0.2, 0.25) is 10.0 Å². The number of hydrogen-bond acceptors (Lipinski definition) is 1. The van der Waals surface area contributed by atoms with Crippen LogP contribution in [-0.4, -0.2) is 6.04 Å². The Morgan fingerprint density at radius 2 is 1.52 bits per heavy atom. The van der Waals surface area contributed by atoms with Gasteiger partial charge in [0.1, 0.15) is 0 Å². The van der Waals surface area contributed by atoms with Crippen LogP contribution in [0.4, 0.5) is 0 Å². The third kappa shape index (κ3) is 3.60. The van der Waals surface area contributed by atoms with Gasteiger partial charge in [-0.3, -0.25) is 0 Å². The Hall–Kier alpha value is -1.02. The third-order valence-electron chi connectivity index (χ3n) is 4.14. The quantitative estimate of drug-likeness (QED) is 0.876. The van der Waals surface area contributed by atoms with Crippen molar-refractivity contribution in [3.05, 3.63) is 68.7 Å². The fourth-order valence-corrected chi connectivity index (χ4v) is 3.42. The monoisotopic (exact) mass is 319 g/mol. The molecule has 21 heavy (non-hydrogen) atoms. The van der Waals surface area contributed by atoms with E-state index in [0.29, 0.717) is 10.0 Å². The van der Waals surface area contributed by atoms with Crippen molar-refractivity contribution in [2.45, 2.75) is 38.1 Å². The summed E-state index contributed by atoms with van der Waals surface area (Å²) in [7, 11) is 0. The molecule has 3 rings (SSSR count). The van der Waals surface area contributed by atoms with Crippen LogP contribution in [0.1, 0.15) is 28.7 Å². The first kappa shape index (κ1) is 14.9. The lowest BCUT2D eigenvalue weighted by molar-refractivity contribution is 0.664. The van der Waals surface area contributed by atoms with E-state index in [4.69, 9.17) is 28.9 Å². The molecular formula is C18H19Cl2N. The molecule has 0 amide bonds. The Morgan fingerprint density at radius 1 is 0.857 bits per heavy atom. The van der Waals surface area contributed by atoms with E-state index in [-0.39, 0.29) is 6.04 Å². The summed E-state index contributed by atoms with van der Waals surface area (Å²) < 4.78 is 0. The Balaban J connectivity index is 1.66. The molecule has 2 aromatic carbocycles. The summed E-state index contributed by atoms with van der Waals surface area (Å²) in [5.41, 5.74) is 11.8. The fourth-order valence-electron chi connectivity index (χ4n) is 3.10. The van der Waals surface area contributed by atoms with Crippen molar-refractivity contribution >= 4 is 23.2 Å². The summed E-state index contributed by atoms with van der Waals surface area (Å²) in [5, 5.41) is 1.19. The predicted octanol–water partition coefficient (Wildman–Crippen LogP) is 4.59. The molecule has 1 unspecified atom stereocenters. The molecule has 110 valence electrons. The van der Waals surface area contributed by atoms with Crippen molar-refractivity contribution < 1.29 is 0 Å². The molecule has 2 N–H and O–H groups in total. The van der Waals surface area contributed by atoms with Crippen LogP contribution in [0, 0.1) is 0 Å². The molecule has 3 heteroatoms. The van der Waals surface area contributed by atoms with Crippen molar-refractivity contribution in [3.63, 3.8) is 0 Å². The first-order valence-electron chi connectivity index (χ1n) is 7.42. The molecule has 1 aliphatic rings. The molecule has 0 bridgehead atoms. The molecule has 1 aliphatic carbocycles. The minimum Gasteiger partial charge on any atom is -0.327 e. The van der Waals surface area contributed by atoms with Crippen LogP contribution in [-0.2, 0) is 25.7 Å². The summed E-state index contributed by atoms with van der Waals surface area (Å²) in [6.07, 6.45) is 5.44. The normalized spacial score (nSPS) is 15.0. The highest BCUT2D eigenvalue weighted by molar-refractivity contribution is 6.42. The predicted molar refractivity (Wildman–Crippen MR) is 90.3 cm³/mol. The molecule has 0 aromatic heterocycles. The van der Waals surface area contributed by atoms with Crippen molar-refractivity contribution in [2.24, 2.45) is 5.73 Å². The van der Waals surface area contributed by atoms with Crippen LogP contribution in [0.3, 0.4) is 0 Å². The zero-order valence-electron chi connectivity index (χ0n) is 11.9. The minimum atomic E-state index is 0.0988. The molecular weight excluding hydrogens is 301 g/mol. The number of aryl methyl sites for hydroxylation is 2. The second kappa shape index (κ2) is 6.39. The van der Waals surface area contributed by atoms with Crippen LogP contribution < -0.4 is 5.73 Å². The molecule has 0 saturated carbocycles. The van der Waals surface area contributed by atoms with Crippen LogP contribution in [0.25, 0.3) is 0 Å². The number of hydrogen-bond donors (Lipinski definition) is 1. The summed E-state index contributed by atoms with van der Waals surface area (Å²) >= 11 is 12.0. The maximum Gasteiger partial charge on any atom is 0.0595 e. The van der Waals surface area contributed by atoms with E-state index < -0.39 is 0 Å². The summed E-state index contributed by atoms with van der Waals surface area (Å²) in [4.78, 5) is 0. The van der Waals surface area contributed by atoms with E-state index >= 15 is 0 Å². The molecule has 0 fully saturated rings. The molecule has 0 saturated heterocycles. The van der Waals surface area contributed by atoms with Gasteiger partial charge in [-0.15, -0.1) is 0 Å². The maximum absolute atomic E-state index is 6.30. The molecule has 0 aliphatic heterocycles. The van der Waals surface area contributed by atoms with Gasteiger partial charge in [0.2, 0.25) is 0 Å². The number of benzene rings is 2. The standard InChI is InChI=1S/C18H19Cl2N/c19-17-7-5-13(11-18(17)20)10-16(21)9-12-4-6-14-2-1-3-15(14)8-12/h4-8,11,16H,1-3,9-10,21H2. The molecule has 0 heterocycles. The van der Waals surface area contributed by atoms with Crippen LogP contribution in [0.15, 0.2) is 36.4 Å². The van der Waals surface area contributed by atoms with Gasteiger partial charge in [-0.1, -0.05) is 47.5 Å². The Morgan fingerprint density at radius 3 is 2.29 bits per heavy atom. The lowest BCUT2D eigenvalue weighted by Gasteiger charge is -2.13. The SMILES string of the molecule is NC(Cc1ccc(Cl)c(Cl)c1)Cc1ccc2c(c1)CCC2. The number of rotatable bonds is 4. The first-order chi connectivity index (χ1) is 10.1. The number of fused-ring (bicyclic) bond motifs is 1. The second-order valence-electron chi connectivity index (χ2n) is 5.87.